The molecule has 0 aliphatic rings. The maximum atomic E-state index is 14.4. The predicted molar refractivity (Wildman–Crippen MR) is 125 cm³/mol. The maximum Gasteiger partial charge on any atom is 0.323 e. The van der Waals surface area contributed by atoms with E-state index in [4.69, 9.17) is 4.74 Å². The standard InChI is InChI=1S/C23H28F3N5O2/c1-15(24)22(31(5)27-2)18-14-17(8-10-21(18)33-12-6-11-30(3)4)28-23(32)29-20-9-7-16(25)13-19(20)26/h7-10,13-14H,2,6,11-12H2,1,3-5H3,(H2,28,29,32)/b22-15+. The third kappa shape index (κ3) is 7.53. The molecule has 0 spiro atoms. The number of urea groups is 1. The fraction of sp³-hybridized carbons (Fsp3) is 0.304. The predicted octanol–water partition coefficient (Wildman–Crippen LogP) is 5.14. The Hall–Kier alpha value is -3.53. The minimum Gasteiger partial charge on any atom is -0.493 e. The van der Waals surface area contributed by atoms with Crippen LogP contribution < -0.4 is 15.4 Å². The normalized spacial score (nSPS) is 11.6. The fourth-order valence-electron chi connectivity index (χ4n) is 3.01. The van der Waals surface area contributed by atoms with Crippen molar-refractivity contribution in [2.24, 2.45) is 5.10 Å². The number of benzene rings is 2. The van der Waals surface area contributed by atoms with Gasteiger partial charge in [-0.1, -0.05) is 0 Å². The fourth-order valence-corrected chi connectivity index (χ4v) is 3.01. The van der Waals surface area contributed by atoms with Crippen molar-refractivity contribution < 1.29 is 22.7 Å². The average Bonchev–Trinajstić information content (AvgIpc) is 2.74. The van der Waals surface area contributed by atoms with Gasteiger partial charge in [-0.05, 0) is 57.8 Å². The summed E-state index contributed by atoms with van der Waals surface area (Å²) in [6.45, 7) is 5.92. The van der Waals surface area contributed by atoms with E-state index in [2.05, 4.69) is 22.5 Å². The molecule has 0 bridgehead atoms. The average molecular weight is 464 g/mol. The number of nitrogens with one attached hydrogen (secondary N) is 2. The minimum absolute atomic E-state index is 0.112. The number of nitrogens with zero attached hydrogens (tertiary/aromatic N) is 3. The van der Waals surface area contributed by atoms with Gasteiger partial charge in [0.15, 0.2) is 0 Å². The third-order valence-corrected chi connectivity index (χ3v) is 4.54. The van der Waals surface area contributed by atoms with Crippen molar-refractivity contribution in [2.75, 3.05) is 44.9 Å². The van der Waals surface area contributed by atoms with Gasteiger partial charge < -0.3 is 20.3 Å². The molecule has 2 aromatic rings. The highest BCUT2D eigenvalue weighted by atomic mass is 19.1. The van der Waals surface area contributed by atoms with E-state index in [0.717, 1.165) is 25.1 Å². The summed E-state index contributed by atoms with van der Waals surface area (Å²) in [5.74, 6) is -1.81. The molecule has 0 saturated carbocycles. The van der Waals surface area contributed by atoms with Crippen LogP contribution in [-0.4, -0.2) is 57.0 Å². The van der Waals surface area contributed by atoms with Crippen LogP contribution in [0.2, 0.25) is 0 Å². The van der Waals surface area contributed by atoms with Crippen molar-refractivity contribution >= 4 is 29.8 Å². The first kappa shape index (κ1) is 25.7. The van der Waals surface area contributed by atoms with Crippen LogP contribution in [0.25, 0.3) is 5.70 Å². The summed E-state index contributed by atoms with van der Waals surface area (Å²) in [6.07, 6.45) is 0.751. The molecule has 0 aromatic heterocycles. The molecule has 0 atom stereocenters. The van der Waals surface area contributed by atoms with Gasteiger partial charge in [-0.25, -0.2) is 18.0 Å². The lowest BCUT2D eigenvalue weighted by Gasteiger charge is -2.21. The maximum absolute atomic E-state index is 14.4. The smallest absolute Gasteiger partial charge is 0.323 e. The highest BCUT2D eigenvalue weighted by Crippen LogP contribution is 2.33. The van der Waals surface area contributed by atoms with Gasteiger partial charge in [0.1, 0.15) is 28.9 Å². The molecule has 7 nitrogen and oxygen atoms in total. The van der Waals surface area contributed by atoms with Crippen molar-refractivity contribution in [3.8, 4) is 5.75 Å². The first-order chi connectivity index (χ1) is 15.6. The Morgan fingerprint density at radius 1 is 1.12 bits per heavy atom. The van der Waals surface area contributed by atoms with Crippen molar-refractivity contribution in [1.29, 1.82) is 0 Å². The molecule has 2 N–H and O–H groups in total. The van der Waals surface area contributed by atoms with Crippen LogP contribution in [0.15, 0.2) is 47.3 Å². The van der Waals surface area contributed by atoms with Crippen LogP contribution in [0.5, 0.6) is 5.75 Å². The topological polar surface area (TPSA) is 69.2 Å². The highest BCUT2D eigenvalue weighted by Gasteiger charge is 2.18. The van der Waals surface area contributed by atoms with Gasteiger partial charge in [-0.2, -0.15) is 5.10 Å². The Balaban J connectivity index is 2.29. The Morgan fingerprint density at radius 3 is 2.45 bits per heavy atom. The monoisotopic (exact) mass is 463 g/mol. The second-order valence-corrected chi connectivity index (χ2v) is 7.47. The van der Waals surface area contributed by atoms with Gasteiger partial charge in [-0.15, -0.1) is 0 Å². The first-order valence-corrected chi connectivity index (χ1v) is 10.1. The lowest BCUT2D eigenvalue weighted by Crippen LogP contribution is -2.20. The van der Waals surface area contributed by atoms with Gasteiger partial charge in [-0.3, -0.25) is 5.01 Å². The number of amides is 2. The van der Waals surface area contributed by atoms with E-state index in [1.807, 2.05) is 19.0 Å². The summed E-state index contributed by atoms with van der Waals surface area (Å²) >= 11 is 0. The number of allylic oxidation sites excluding steroid dienone is 1. The van der Waals surface area contributed by atoms with E-state index in [0.29, 0.717) is 29.7 Å². The van der Waals surface area contributed by atoms with E-state index in [-0.39, 0.29) is 11.4 Å². The highest BCUT2D eigenvalue weighted by molar-refractivity contribution is 6.00. The van der Waals surface area contributed by atoms with Gasteiger partial charge in [0.25, 0.3) is 0 Å². The Kier molecular flexibility index (Phi) is 9.29. The second kappa shape index (κ2) is 11.9. The molecule has 0 radical (unpaired) electrons. The molecule has 2 rings (SSSR count). The van der Waals surface area contributed by atoms with E-state index in [1.165, 1.54) is 25.0 Å². The van der Waals surface area contributed by atoms with Crippen LogP contribution in [0.4, 0.5) is 29.3 Å². The zero-order valence-corrected chi connectivity index (χ0v) is 19.1. The summed E-state index contributed by atoms with van der Waals surface area (Å²) in [6, 6.07) is 6.72. The summed E-state index contributed by atoms with van der Waals surface area (Å²) in [7, 11) is 5.44. The number of anilines is 2. The zero-order chi connectivity index (χ0) is 24.5. The molecule has 10 heteroatoms. The van der Waals surface area contributed by atoms with Crippen LogP contribution in [0, 0.1) is 11.6 Å². The van der Waals surface area contributed by atoms with Crippen LogP contribution in [0.1, 0.15) is 18.9 Å². The van der Waals surface area contributed by atoms with E-state index in [9.17, 15) is 18.0 Å². The van der Waals surface area contributed by atoms with E-state index in [1.54, 1.807) is 12.1 Å². The lowest BCUT2D eigenvalue weighted by atomic mass is 10.1. The molecule has 2 aromatic carbocycles. The third-order valence-electron chi connectivity index (χ3n) is 4.54. The number of hydrazone groups is 1. The number of ether oxygens (including phenoxy) is 1. The lowest BCUT2D eigenvalue weighted by molar-refractivity contribution is 0.262. The number of carbonyl (C=O) groups excluding carboxylic acids is 1. The van der Waals surface area contributed by atoms with Crippen molar-refractivity contribution in [2.45, 2.75) is 13.3 Å². The van der Waals surface area contributed by atoms with Crippen LogP contribution in [-0.2, 0) is 0 Å². The number of rotatable bonds is 10. The van der Waals surface area contributed by atoms with Gasteiger partial charge in [0, 0.05) is 37.6 Å². The minimum atomic E-state index is -0.913. The Morgan fingerprint density at radius 2 is 1.85 bits per heavy atom. The van der Waals surface area contributed by atoms with Gasteiger partial charge >= 0.3 is 6.03 Å². The van der Waals surface area contributed by atoms with Gasteiger partial charge in [0.2, 0.25) is 0 Å². The van der Waals surface area contributed by atoms with Crippen molar-refractivity contribution in [3.05, 3.63) is 59.4 Å². The summed E-state index contributed by atoms with van der Waals surface area (Å²) in [5, 5.41) is 9.88. The zero-order valence-electron chi connectivity index (χ0n) is 19.1. The molecule has 0 aliphatic heterocycles. The quantitative estimate of drug-likeness (QED) is 0.291. The summed E-state index contributed by atoms with van der Waals surface area (Å²) < 4.78 is 47.2. The molecule has 0 fully saturated rings. The number of carbonyl (C=O) groups is 1. The van der Waals surface area contributed by atoms with Crippen molar-refractivity contribution in [3.63, 3.8) is 0 Å². The Bertz CT molecular complexity index is 1020. The summed E-state index contributed by atoms with van der Waals surface area (Å²) in [4.78, 5) is 14.4. The van der Waals surface area contributed by atoms with E-state index < -0.39 is 23.5 Å². The van der Waals surface area contributed by atoms with Crippen LogP contribution in [0.3, 0.4) is 0 Å². The number of hydrogen-bond donors (Lipinski definition) is 2. The van der Waals surface area contributed by atoms with Crippen LogP contribution >= 0.6 is 0 Å². The first-order valence-electron chi connectivity index (χ1n) is 10.1. The molecule has 0 aliphatic carbocycles. The molecule has 33 heavy (non-hydrogen) atoms. The Labute approximate surface area is 191 Å². The molecule has 178 valence electrons. The number of halogens is 3. The molecule has 2 amide bonds. The van der Waals surface area contributed by atoms with E-state index >= 15 is 0 Å². The molecule has 0 unspecified atom stereocenters. The molecule has 0 saturated heterocycles. The van der Waals surface area contributed by atoms with Gasteiger partial charge in [0.05, 0.1) is 12.3 Å². The molecular formula is C23H28F3N5O2. The van der Waals surface area contributed by atoms with Crippen molar-refractivity contribution in [1.82, 2.24) is 9.91 Å². The summed E-state index contributed by atoms with van der Waals surface area (Å²) in [5.41, 5.74) is 0.564. The molecular weight excluding hydrogens is 435 g/mol. The molecule has 0 heterocycles. The largest absolute Gasteiger partial charge is 0.493 e. The number of hydrogen-bond acceptors (Lipinski definition) is 5. The second-order valence-electron chi connectivity index (χ2n) is 7.47. The SMILES string of the molecule is C=NN(C)/C(=C(\C)F)c1cc(NC(=O)Nc2ccc(F)cc2F)ccc1OCCCN(C)C.